The molecule has 3 unspecified atom stereocenters. The SMILES string of the molecule is CC12CCC(C(S(=O)(=O)[O-])C1=O)C2(C)C.CCCC[N+](CCCC)(CCCC)CCCC. The zero-order valence-electron chi connectivity index (χ0n) is 22.0. The van der Waals surface area contributed by atoms with E-state index in [1.165, 1.54) is 82.0 Å². The van der Waals surface area contributed by atoms with E-state index in [0.717, 1.165) is 0 Å². The zero-order chi connectivity index (χ0) is 24.6. The van der Waals surface area contributed by atoms with E-state index < -0.39 is 20.8 Å². The third-order valence-corrected chi connectivity index (χ3v) is 9.89. The van der Waals surface area contributed by atoms with Gasteiger partial charge in [0.15, 0.2) is 5.78 Å². The van der Waals surface area contributed by atoms with Gasteiger partial charge in [0.05, 0.1) is 26.2 Å². The Hall–Kier alpha value is -0.460. The highest BCUT2D eigenvalue weighted by molar-refractivity contribution is 7.87. The summed E-state index contributed by atoms with van der Waals surface area (Å²) in [4.78, 5) is 12.0. The Labute approximate surface area is 199 Å². The van der Waals surface area contributed by atoms with Gasteiger partial charge in [-0.3, -0.25) is 4.79 Å². The lowest BCUT2D eigenvalue weighted by Gasteiger charge is -2.39. The van der Waals surface area contributed by atoms with Gasteiger partial charge in [-0.15, -0.1) is 0 Å². The first kappa shape index (κ1) is 29.6. The van der Waals surface area contributed by atoms with Crippen LogP contribution in [0.25, 0.3) is 0 Å². The molecule has 5 nitrogen and oxygen atoms in total. The van der Waals surface area contributed by atoms with Crippen LogP contribution in [0.5, 0.6) is 0 Å². The van der Waals surface area contributed by atoms with Crippen LogP contribution in [0.2, 0.25) is 0 Å². The number of rotatable bonds is 13. The monoisotopic (exact) mass is 473 g/mol. The molecule has 0 aromatic rings. The van der Waals surface area contributed by atoms with Crippen molar-refractivity contribution in [3.05, 3.63) is 0 Å². The second kappa shape index (κ2) is 12.3. The van der Waals surface area contributed by atoms with Crippen LogP contribution in [0, 0.1) is 16.7 Å². The van der Waals surface area contributed by atoms with E-state index in [0.29, 0.717) is 12.8 Å². The third-order valence-electron chi connectivity index (χ3n) is 8.73. The Morgan fingerprint density at radius 3 is 1.44 bits per heavy atom. The van der Waals surface area contributed by atoms with Crippen molar-refractivity contribution in [3.8, 4) is 0 Å². The molecule has 3 atom stereocenters. The molecule has 190 valence electrons. The Morgan fingerprint density at radius 2 is 1.22 bits per heavy atom. The highest BCUT2D eigenvalue weighted by Gasteiger charge is 2.67. The largest absolute Gasteiger partial charge is 0.747 e. The van der Waals surface area contributed by atoms with Gasteiger partial charge in [0.25, 0.3) is 0 Å². The molecular weight excluding hydrogens is 422 g/mol. The van der Waals surface area contributed by atoms with Crippen molar-refractivity contribution in [3.63, 3.8) is 0 Å². The van der Waals surface area contributed by atoms with Gasteiger partial charge in [0.2, 0.25) is 0 Å². The van der Waals surface area contributed by atoms with Gasteiger partial charge in [-0.2, -0.15) is 0 Å². The second-order valence-electron chi connectivity index (χ2n) is 11.1. The molecule has 0 heterocycles. The Morgan fingerprint density at radius 1 is 0.844 bits per heavy atom. The van der Waals surface area contributed by atoms with Gasteiger partial charge in [0, 0.05) is 5.41 Å². The van der Waals surface area contributed by atoms with Crippen molar-refractivity contribution < 1.29 is 22.2 Å². The van der Waals surface area contributed by atoms with Gasteiger partial charge in [0.1, 0.15) is 15.4 Å². The molecule has 0 spiro atoms. The van der Waals surface area contributed by atoms with Crippen LogP contribution in [-0.4, -0.2) is 54.7 Å². The van der Waals surface area contributed by atoms with Crippen LogP contribution in [0.3, 0.4) is 0 Å². The van der Waals surface area contributed by atoms with E-state index in [1.54, 1.807) is 6.92 Å². The van der Waals surface area contributed by atoms with E-state index in [-0.39, 0.29) is 17.1 Å². The first-order valence-corrected chi connectivity index (χ1v) is 14.7. The zero-order valence-corrected chi connectivity index (χ0v) is 22.9. The number of Topliss-reactive ketones (excluding diaryl/α,β-unsaturated/α-hetero) is 1. The van der Waals surface area contributed by atoms with Crippen LogP contribution >= 0.6 is 0 Å². The van der Waals surface area contributed by atoms with Gasteiger partial charge < -0.3 is 9.04 Å². The summed E-state index contributed by atoms with van der Waals surface area (Å²) in [6.07, 6.45) is 12.4. The molecule has 0 saturated heterocycles. The van der Waals surface area contributed by atoms with Crippen molar-refractivity contribution in [1.82, 2.24) is 0 Å². The summed E-state index contributed by atoms with van der Waals surface area (Å²) in [5.74, 6) is -0.656. The number of hydrogen-bond donors (Lipinski definition) is 0. The standard InChI is InChI=1S/C16H36N.C10H16O4S/c1-5-9-13-17(14-10-6-2,15-11-7-3)16-12-8-4;1-9(2)6-4-5-10(9,3)8(11)7(6)15(12,13)14/h5-16H2,1-4H3;6-7H,4-5H2,1-3H3,(H,12,13,14)/q+1;/p-1. The number of nitrogens with zero attached hydrogens (tertiary/aromatic N) is 1. The summed E-state index contributed by atoms with van der Waals surface area (Å²) >= 11 is 0. The minimum atomic E-state index is -4.49. The quantitative estimate of drug-likeness (QED) is 0.245. The Kier molecular flexibility index (Phi) is 11.4. The number of fused-ring (bicyclic) bond motifs is 2. The fraction of sp³-hybridized carbons (Fsp3) is 0.962. The molecule has 6 heteroatoms. The van der Waals surface area contributed by atoms with Crippen LogP contribution < -0.4 is 0 Å². The molecule has 32 heavy (non-hydrogen) atoms. The minimum absolute atomic E-state index is 0.294. The normalized spacial score (nSPS) is 26.8. The molecule has 0 aliphatic heterocycles. The molecule has 2 rings (SSSR count). The maximum absolute atomic E-state index is 12.0. The number of ketones is 1. The average molecular weight is 474 g/mol. The van der Waals surface area contributed by atoms with E-state index in [1.807, 2.05) is 13.8 Å². The lowest BCUT2D eigenvalue weighted by atomic mass is 9.70. The minimum Gasteiger partial charge on any atom is -0.747 e. The van der Waals surface area contributed by atoms with Crippen LogP contribution in [0.1, 0.15) is 113 Å². The smallest absolute Gasteiger partial charge is 0.156 e. The molecule has 2 fully saturated rings. The molecule has 2 saturated carbocycles. The third kappa shape index (κ3) is 6.56. The summed E-state index contributed by atoms with van der Waals surface area (Å²) in [6, 6.07) is 0. The maximum atomic E-state index is 12.0. The fourth-order valence-electron chi connectivity index (χ4n) is 5.98. The summed E-state index contributed by atoms with van der Waals surface area (Å²) in [5.41, 5.74) is -0.994. The van der Waals surface area contributed by atoms with Gasteiger partial charge in [-0.25, -0.2) is 8.42 Å². The molecule has 2 aliphatic carbocycles. The Bertz CT molecular complexity index is 650. The first-order chi connectivity index (χ1) is 14.9. The molecule has 0 aromatic carbocycles. The maximum Gasteiger partial charge on any atom is 0.156 e. The number of quaternary nitrogens is 1. The highest BCUT2D eigenvalue weighted by Crippen LogP contribution is 2.64. The second-order valence-corrected chi connectivity index (χ2v) is 12.6. The van der Waals surface area contributed by atoms with Crippen LogP contribution in [-0.2, 0) is 14.9 Å². The Balaban J connectivity index is 0.000000321. The average Bonchev–Trinajstić information content (AvgIpc) is 3.05. The molecule has 2 aliphatic rings. The predicted octanol–water partition coefficient (Wildman–Crippen LogP) is 5.93. The molecule has 0 aromatic heterocycles. The highest BCUT2D eigenvalue weighted by atomic mass is 32.2. The summed E-state index contributed by atoms with van der Waals surface area (Å²) in [7, 11) is -4.49. The molecule has 2 bridgehead atoms. The van der Waals surface area contributed by atoms with Crippen LogP contribution in [0.4, 0.5) is 0 Å². The molecular formula is C26H51NO4S. The molecule has 0 amide bonds. The predicted molar refractivity (Wildman–Crippen MR) is 132 cm³/mol. The van der Waals surface area contributed by atoms with Gasteiger partial charge in [-0.05, 0) is 49.9 Å². The summed E-state index contributed by atoms with van der Waals surface area (Å²) in [6.45, 7) is 20.6. The summed E-state index contributed by atoms with van der Waals surface area (Å²) in [5, 5.41) is -1.30. The fourth-order valence-corrected chi connectivity index (χ4v) is 7.38. The first-order valence-electron chi connectivity index (χ1n) is 13.2. The van der Waals surface area contributed by atoms with Crippen LogP contribution in [0.15, 0.2) is 0 Å². The number of carbonyl (C=O) groups is 1. The van der Waals surface area contributed by atoms with E-state index in [4.69, 9.17) is 0 Å². The van der Waals surface area contributed by atoms with E-state index in [9.17, 15) is 17.8 Å². The van der Waals surface area contributed by atoms with Crippen molar-refractivity contribution in [2.45, 2.75) is 118 Å². The molecule has 0 radical (unpaired) electrons. The van der Waals surface area contributed by atoms with Crippen molar-refractivity contribution >= 4 is 15.9 Å². The lowest BCUT2D eigenvalue weighted by Crippen LogP contribution is -2.50. The molecule has 0 N–H and O–H groups in total. The van der Waals surface area contributed by atoms with Crippen molar-refractivity contribution in [2.75, 3.05) is 26.2 Å². The van der Waals surface area contributed by atoms with Crippen molar-refractivity contribution in [2.24, 2.45) is 16.7 Å². The number of hydrogen-bond acceptors (Lipinski definition) is 4. The van der Waals surface area contributed by atoms with E-state index >= 15 is 0 Å². The topological polar surface area (TPSA) is 74.3 Å². The van der Waals surface area contributed by atoms with Gasteiger partial charge in [-0.1, -0.05) is 74.1 Å². The van der Waals surface area contributed by atoms with Gasteiger partial charge >= 0.3 is 0 Å². The number of carbonyl (C=O) groups excluding carboxylic acids is 1. The number of unbranched alkanes of at least 4 members (excludes halogenated alkanes) is 4. The summed E-state index contributed by atoms with van der Waals surface area (Å²) < 4.78 is 34.7. The van der Waals surface area contributed by atoms with Crippen molar-refractivity contribution in [1.29, 1.82) is 0 Å². The van der Waals surface area contributed by atoms with E-state index in [2.05, 4.69) is 27.7 Å². The lowest BCUT2D eigenvalue weighted by molar-refractivity contribution is -0.929.